The molecule has 0 heterocycles. The van der Waals surface area contributed by atoms with E-state index in [9.17, 15) is 4.79 Å². The van der Waals surface area contributed by atoms with Gasteiger partial charge in [-0.2, -0.15) is 0 Å². The highest BCUT2D eigenvalue weighted by Crippen LogP contribution is 1.84. The second-order valence-corrected chi connectivity index (χ2v) is 2.56. The van der Waals surface area contributed by atoms with Gasteiger partial charge >= 0.3 is 0 Å². The highest BCUT2D eigenvalue weighted by atomic mass is 16.5. The number of nitrogens with two attached hydrogens (primary N) is 1. The Morgan fingerprint density at radius 3 is 2.73 bits per heavy atom. The highest BCUT2D eigenvalue weighted by Gasteiger charge is 1.94. The molecule has 0 unspecified atom stereocenters. The summed E-state index contributed by atoms with van der Waals surface area (Å²) in [6.45, 7) is 5.44. The van der Waals surface area contributed by atoms with Crippen LogP contribution in [0.3, 0.4) is 0 Å². The van der Waals surface area contributed by atoms with E-state index in [0.717, 1.165) is 0 Å². The molecule has 0 aromatic heterocycles. The molecule has 0 fully saturated rings. The van der Waals surface area contributed by atoms with Crippen molar-refractivity contribution in [3.05, 3.63) is 0 Å². The number of carbonyl (C=O) groups is 1. The van der Waals surface area contributed by atoms with Crippen LogP contribution in [0, 0.1) is 0 Å². The molecule has 0 aliphatic carbocycles. The van der Waals surface area contributed by atoms with E-state index in [2.05, 4.69) is 5.32 Å². The molecular formula is C7H16N2O2. The number of amides is 1. The number of hydrogen-bond acceptors (Lipinski definition) is 3. The number of rotatable bonds is 6. The fourth-order valence-corrected chi connectivity index (χ4v) is 0.578. The normalized spacial score (nSPS) is 10.5. The Morgan fingerprint density at radius 1 is 1.64 bits per heavy atom. The molecule has 0 aromatic rings. The first-order chi connectivity index (χ1) is 5.13. The molecule has 0 rings (SSSR count). The molecule has 0 aliphatic rings. The number of ether oxygens (including phenoxy) is 1. The standard InChI is InChI=1S/C7H16N2O2/c1-6(2)11-4-3-9-5-7(8)10/h6,9H,3-5H2,1-2H3,(H2,8,10). The largest absolute Gasteiger partial charge is 0.377 e. The van der Waals surface area contributed by atoms with Gasteiger partial charge in [-0.3, -0.25) is 4.79 Å². The fraction of sp³-hybridized carbons (Fsp3) is 0.857. The second-order valence-electron chi connectivity index (χ2n) is 2.56. The predicted octanol–water partition coefficient (Wildman–Crippen LogP) is -0.514. The molecule has 0 aliphatic heterocycles. The molecule has 0 saturated heterocycles. The molecule has 0 aromatic carbocycles. The lowest BCUT2D eigenvalue weighted by Gasteiger charge is -2.06. The van der Waals surface area contributed by atoms with Crippen LogP contribution in [-0.4, -0.2) is 31.7 Å². The molecule has 11 heavy (non-hydrogen) atoms. The van der Waals surface area contributed by atoms with Gasteiger partial charge in [-0.1, -0.05) is 0 Å². The number of nitrogens with one attached hydrogen (secondary N) is 1. The second kappa shape index (κ2) is 6.12. The molecule has 4 heteroatoms. The van der Waals surface area contributed by atoms with Crippen LogP contribution in [0.5, 0.6) is 0 Å². The number of hydrogen-bond donors (Lipinski definition) is 2. The highest BCUT2D eigenvalue weighted by molar-refractivity contribution is 5.75. The zero-order valence-corrected chi connectivity index (χ0v) is 7.09. The predicted molar refractivity (Wildman–Crippen MR) is 43.2 cm³/mol. The molecule has 0 spiro atoms. The van der Waals surface area contributed by atoms with E-state index < -0.39 is 0 Å². The van der Waals surface area contributed by atoms with Gasteiger partial charge in [-0.25, -0.2) is 0 Å². The third kappa shape index (κ3) is 9.39. The quantitative estimate of drug-likeness (QED) is 0.514. The van der Waals surface area contributed by atoms with Gasteiger partial charge < -0.3 is 15.8 Å². The van der Waals surface area contributed by atoms with Crippen LogP contribution in [0.15, 0.2) is 0 Å². The summed E-state index contributed by atoms with van der Waals surface area (Å²) in [6, 6.07) is 0. The van der Waals surface area contributed by atoms with Crippen LogP contribution in [-0.2, 0) is 9.53 Å². The van der Waals surface area contributed by atoms with Crippen molar-refractivity contribution in [1.82, 2.24) is 5.32 Å². The molecule has 1 amide bonds. The Morgan fingerprint density at radius 2 is 2.27 bits per heavy atom. The van der Waals surface area contributed by atoms with E-state index in [1.807, 2.05) is 13.8 Å². The van der Waals surface area contributed by atoms with Gasteiger partial charge in [0.15, 0.2) is 0 Å². The van der Waals surface area contributed by atoms with Gasteiger partial charge in [-0.05, 0) is 13.8 Å². The Kier molecular flexibility index (Phi) is 5.78. The van der Waals surface area contributed by atoms with E-state index in [0.29, 0.717) is 13.2 Å². The minimum atomic E-state index is -0.338. The summed E-state index contributed by atoms with van der Waals surface area (Å²) in [5, 5.41) is 2.84. The molecular weight excluding hydrogens is 144 g/mol. The molecule has 66 valence electrons. The topological polar surface area (TPSA) is 64.3 Å². The third-order valence-corrected chi connectivity index (χ3v) is 1.03. The van der Waals surface area contributed by atoms with E-state index >= 15 is 0 Å². The lowest BCUT2D eigenvalue weighted by molar-refractivity contribution is -0.117. The average Bonchev–Trinajstić information content (AvgIpc) is 1.85. The minimum Gasteiger partial charge on any atom is -0.377 e. The van der Waals surface area contributed by atoms with Crippen LogP contribution >= 0.6 is 0 Å². The van der Waals surface area contributed by atoms with Gasteiger partial charge in [0, 0.05) is 6.54 Å². The van der Waals surface area contributed by atoms with Crippen molar-refractivity contribution in [2.45, 2.75) is 20.0 Å². The molecule has 0 bridgehead atoms. The van der Waals surface area contributed by atoms with Gasteiger partial charge in [-0.15, -0.1) is 0 Å². The van der Waals surface area contributed by atoms with E-state index in [1.54, 1.807) is 0 Å². The van der Waals surface area contributed by atoms with Gasteiger partial charge in [0.25, 0.3) is 0 Å². The SMILES string of the molecule is CC(C)OCCNCC(N)=O. The maximum Gasteiger partial charge on any atom is 0.231 e. The molecule has 0 atom stereocenters. The van der Waals surface area contributed by atoms with Crippen molar-refractivity contribution in [2.24, 2.45) is 5.73 Å². The van der Waals surface area contributed by atoms with Gasteiger partial charge in [0.2, 0.25) is 5.91 Å². The maximum absolute atomic E-state index is 10.2. The summed E-state index contributed by atoms with van der Waals surface area (Å²) in [7, 11) is 0. The Balaban J connectivity index is 2.97. The average molecular weight is 160 g/mol. The van der Waals surface area contributed by atoms with Crippen LogP contribution in [0.1, 0.15) is 13.8 Å². The summed E-state index contributed by atoms with van der Waals surface area (Å²) in [4.78, 5) is 10.2. The van der Waals surface area contributed by atoms with E-state index in [4.69, 9.17) is 10.5 Å². The Bertz CT molecular complexity index is 115. The van der Waals surface area contributed by atoms with Crippen molar-refractivity contribution in [2.75, 3.05) is 19.7 Å². The van der Waals surface area contributed by atoms with Crippen molar-refractivity contribution in [3.63, 3.8) is 0 Å². The molecule has 0 radical (unpaired) electrons. The lowest BCUT2D eigenvalue weighted by Crippen LogP contribution is -2.31. The Hall–Kier alpha value is -0.610. The summed E-state index contributed by atoms with van der Waals surface area (Å²) in [5.41, 5.74) is 4.89. The van der Waals surface area contributed by atoms with Gasteiger partial charge in [0.05, 0.1) is 19.3 Å². The van der Waals surface area contributed by atoms with Crippen LogP contribution in [0.4, 0.5) is 0 Å². The first-order valence-corrected chi connectivity index (χ1v) is 3.73. The van der Waals surface area contributed by atoms with Crippen LogP contribution < -0.4 is 11.1 Å². The monoisotopic (exact) mass is 160 g/mol. The van der Waals surface area contributed by atoms with Crippen molar-refractivity contribution in [3.8, 4) is 0 Å². The van der Waals surface area contributed by atoms with Crippen molar-refractivity contribution in [1.29, 1.82) is 0 Å². The van der Waals surface area contributed by atoms with Crippen LogP contribution in [0.25, 0.3) is 0 Å². The molecule has 3 N–H and O–H groups in total. The summed E-state index contributed by atoms with van der Waals surface area (Å²) in [5.74, 6) is -0.338. The lowest BCUT2D eigenvalue weighted by atomic mass is 10.5. The smallest absolute Gasteiger partial charge is 0.231 e. The third-order valence-electron chi connectivity index (χ3n) is 1.03. The van der Waals surface area contributed by atoms with E-state index in [-0.39, 0.29) is 18.6 Å². The summed E-state index contributed by atoms with van der Waals surface area (Å²) >= 11 is 0. The maximum atomic E-state index is 10.2. The van der Waals surface area contributed by atoms with Gasteiger partial charge in [0.1, 0.15) is 0 Å². The van der Waals surface area contributed by atoms with Crippen molar-refractivity contribution < 1.29 is 9.53 Å². The fourth-order valence-electron chi connectivity index (χ4n) is 0.578. The zero-order chi connectivity index (χ0) is 8.69. The molecule has 0 saturated carbocycles. The van der Waals surface area contributed by atoms with Crippen LogP contribution in [0.2, 0.25) is 0 Å². The summed E-state index contributed by atoms with van der Waals surface area (Å²) in [6.07, 6.45) is 0.241. The first kappa shape index (κ1) is 10.4. The van der Waals surface area contributed by atoms with E-state index in [1.165, 1.54) is 0 Å². The molecule has 4 nitrogen and oxygen atoms in total. The number of carbonyl (C=O) groups excluding carboxylic acids is 1. The summed E-state index contributed by atoms with van der Waals surface area (Å²) < 4.78 is 5.21. The first-order valence-electron chi connectivity index (χ1n) is 3.73. The minimum absolute atomic E-state index is 0.224. The zero-order valence-electron chi connectivity index (χ0n) is 7.09. The van der Waals surface area contributed by atoms with Crippen molar-refractivity contribution >= 4 is 5.91 Å². The Labute approximate surface area is 67.1 Å². The number of primary amides is 1.